The van der Waals surface area contributed by atoms with Crippen LogP contribution in [0.3, 0.4) is 0 Å². The summed E-state index contributed by atoms with van der Waals surface area (Å²) in [5, 5.41) is 1.21. The minimum absolute atomic E-state index is 0.0193. The summed E-state index contributed by atoms with van der Waals surface area (Å²) in [5.41, 5.74) is 8.10. The number of aromatic nitrogens is 2. The van der Waals surface area contributed by atoms with E-state index in [9.17, 15) is 9.59 Å². The van der Waals surface area contributed by atoms with Gasteiger partial charge in [0.15, 0.2) is 0 Å². The summed E-state index contributed by atoms with van der Waals surface area (Å²) < 4.78 is 1.49. The summed E-state index contributed by atoms with van der Waals surface area (Å²) >= 11 is 7.67. The van der Waals surface area contributed by atoms with E-state index in [1.165, 1.54) is 15.9 Å². The van der Waals surface area contributed by atoms with Crippen molar-refractivity contribution in [1.82, 2.24) is 9.55 Å². The van der Waals surface area contributed by atoms with E-state index in [1.807, 2.05) is 52.8 Å². The molecule has 0 fully saturated rings. The molecule has 2 heterocycles. The number of thiophene rings is 1. The number of aryl methyl sites for hydroxylation is 2. The van der Waals surface area contributed by atoms with Crippen LogP contribution in [0, 0.1) is 13.8 Å². The van der Waals surface area contributed by atoms with Crippen molar-refractivity contribution in [2.45, 2.75) is 53.0 Å². The van der Waals surface area contributed by atoms with Crippen molar-refractivity contribution >= 4 is 39.1 Å². The molecule has 2 N–H and O–H groups in total. The van der Waals surface area contributed by atoms with E-state index in [1.54, 1.807) is 0 Å². The zero-order chi connectivity index (χ0) is 20.7. The molecule has 1 aromatic carbocycles. The Morgan fingerprint density at radius 3 is 2.54 bits per heavy atom. The first kappa shape index (κ1) is 20.6. The fourth-order valence-electron chi connectivity index (χ4n) is 3.56. The Bertz CT molecular complexity index is 1130. The molecular formula is C21H24ClN3O2S. The van der Waals surface area contributed by atoms with Crippen molar-refractivity contribution in [2.75, 3.05) is 0 Å². The predicted octanol–water partition coefficient (Wildman–Crippen LogP) is 4.96. The van der Waals surface area contributed by atoms with Crippen LogP contribution >= 0.6 is 22.9 Å². The van der Waals surface area contributed by atoms with Gasteiger partial charge in [-0.05, 0) is 43.5 Å². The Labute approximate surface area is 173 Å². The molecule has 1 atom stereocenters. The second kappa shape index (κ2) is 7.68. The highest BCUT2D eigenvalue weighted by atomic mass is 35.5. The van der Waals surface area contributed by atoms with Crippen molar-refractivity contribution in [3.63, 3.8) is 0 Å². The Kier molecular flexibility index (Phi) is 5.64. The second-order valence-electron chi connectivity index (χ2n) is 7.30. The molecule has 0 spiro atoms. The molecule has 28 heavy (non-hydrogen) atoms. The van der Waals surface area contributed by atoms with Crippen LogP contribution in [-0.4, -0.2) is 15.5 Å². The molecular weight excluding hydrogens is 394 g/mol. The number of carbonyl (C=O) groups is 1. The molecule has 1 unspecified atom stereocenters. The number of primary amides is 1. The van der Waals surface area contributed by atoms with Gasteiger partial charge in [0.1, 0.15) is 16.7 Å². The second-order valence-corrected chi connectivity index (χ2v) is 8.91. The quantitative estimate of drug-likeness (QED) is 0.637. The van der Waals surface area contributed by atoms with Crippen LogP contribution in [0.15, 0.2) is 23.0 Å². The zero-order valence-corrected chi connectivity index (χ0v) is 18.2. The number of hydrogen-bond acceptors (Lipinski definition) is 4. The number of carbonyl (C=O) groups excluding carboxylic acids is 1. The molecule has 0 bridgehead atoms. The molecule has 2 aromatic heterocycles. The van der Waals surface area contributed by atoms with E-state index < -0.39 is 11.9 Å². The fraction of sp³-hybridized carbons (Fsp3) is 0.381. The van der Waals surface area contributed by atoms with Crippen LogP contribution in [0.1, 0.15) is 55.4 Å². The molecule has 3 aromatic rings. The number of nitrogens with two attached hydrogens (primary N) is 1. The normalized spacial score (nSPS) is 12.7. The summed E-state index contributed by atoms with van der Waals surface area (Å²) in [6, 6.07) is 5.00. The van der Waals surface area contributed by atoms with Gasteiger partial charge >= 0.3 is 0 Å². The van der Waals surface area contributed by atoms with Crippen molar-refractivity contribution in [3.8, 4) is 11.1 Å². The lowest BCUT2D eigenvalue weighted by Gasteiger charge is -2.21. The number of fused-ring (bicyclic) bond motifs is 1. The minimum Gasteiger partial charge on any atom is -0.368 e. The maximum atomic E-state index is 13.6. The predicted molar refractivity (Wildman–Crippen MR) is 116 cm³/mol. The van der Waals surface area contributed by atoms with Gasteiger partial charge in [0.2, 0.25) is 5.91 Å². The van der Waals surface area contributed by atoms with E-state index >= 15 is 0 Å². The standard InChI is InChI=1S/C21H24ClN3O2S/c1-6-15(18(23)26)25-19(10(2)3)24-20-17(21(25)27)16(12(5)28-20)13-7-8-14(22)11(4)9-13/h7-10,15H,6H2,1-5H3,(H2,23,26). The lowest BCUT2D eigenvalue weighted by atomic mass is 10.0. The topological polar surface area (TPSA) is 78.0 Å². The van der Waals surface area contributed by atoms with E-state index in [0.717, 1.165) is 21.6 Å². The first-order valence-corrected chi connectivity index (χ1v) is 10.5. The van der Waals surface area contributed by atoms with E-state index in [2.05, 4.69) is 0 Å². The highest BCUT2D eigenvalue weighted by Crippen LogP contribution is 2.37. The monoisotopic (exact) mass is 417 g/mol. The molecule has 5 nitrogen and oxygen atoms in total. The van der Waals surface area contributed by atoms with Crippen molar-refractivity contribution in [2.24, 2.45) is 5.73 Å². The van der Waals surface area contributed by atoms with Crippen molar-refractivity contribution < 1.29 is 4.79 Å². The Morgan fingerprint density at radius 2 is 2.00 bits per heavy atom. The largest absolute Gasteiger partial charge is 0.368 e. The van der Waals surface area contributed by atoms with E-state index in [0.29, 0.717) is 27.5 Å². The van der Waals surface area contributed by atoms with Gasteiger partial charge in [-0.25, -0.2) is 4.98 Å². The van der Waals surface area contributed by atoms with Gasteiger partial charge in [0.25, 0.3) is 5.56 Å². The smallest absolute Gasteiger partial charge is 0.263 e. The number of hydrogen-bond donors (Lipinski definition) is 1. The van der Waals surface area contributed by atoms with E-state index in [4.69, 9.17) is 22.3 Å². The molecule has 7 heteroatoms. The highest BCUT2D eigenvalue weighted by molar-refractivity contribution is 7.19. The van der Waals surface area contributed by atoms with Crippen LogP contribution in [-0.2, 0) is 4.79 Å². The number of benzene rings is 1. The number of halogens is 1. The third kappa shape index (κ3) is 3.35. The van der Waals surface area contributed by atoms with Gasteiger partial charge in [-0.2, -0.15) is 0 Å². The van der Waals surface area contributed by atoms with Crippen LogP contribution in [0.4, 0.5) is 0 Å². The lowest BCUT2D eigenvalue weighted by molar-refractivity contribution is -0.121. The molecule has 0 aliphatic carbocycles. The van der Waals surface area contributed by atoms with Gasteiger partial charge in [-0.1, -0.05) is 38.4 Å². The van der Waals surface area contributed by atoms with Crippen LogP contribution in [0.25, 0.3) is 21.3 Å². The van der Waals surface area contributed by atoms with Gasteiger partial charge in [-0.15, -0.1) is 11.3 Å². The van der Waals surface area contributed by atoms with Crippen LogP contribution in [0.5, 0.6) is 0 Å². The summed E-state index contributed by atoms with van der Waals surface area (Å²) in [5.74, 6) is 0.0425. The fourth-order valence-corrected chi connectivity index (χ4v) is 4.72. The first-order valence-electron chi connectivity index (χ1n) is 9.28. The Morgan fingerprint density at radius 1 is 1.32 bits per heavy atom. The molecule has 0 radical (unpaired) electrons. The van der Waals surface area contributed by atoms with Gasteiger partial charge < -0.3 is 5.73 Å². The van der Waals surface area contributed by atoms with Gasteiger partial charge in [0, 0.05) is 21.4 Å². The SMILES string of the molecule is CCC(C(N)=O)n1c(C(C)C)nc2sc(C)c(-c3ccc(Cl)c(C)c3)c2c1=O. The molecule has 0 saturated carbocycles. The average Bonchev–Trinajstić information content (AvgIpc) is 2.95. The number of amides is 1. The number of nitrogens with zero attached hydrogens (tertiary/aromatic N) is 2. The van der Waals surface area contributed by atoms with Gasteiger partial charge in [0.05, 0.1) is 5.39 Å². The maximum absolute atomic E-state index is 13.6. The Balaban J connectivity index is 2.43. The Hall–Kier alpha value is -2.18. The highest BCUT2D eigenvalue weighted by Gasteiger charge is 2.26. The van der Waals surface area contributed by atoms with Crippen molar-refractivity contribution in [1.29, 1.82) is 0 Å². The third-order valence-corrected chi connectivity index (χ3v) is 6.37. The molecule has 0 aliphatic heterocycles. The maximum Gasteiger partial charge on any atom is 0.263 e. The van der Waals surface area contributed by atoms with Crippen molar-refractivity contribution in [3.05, 3.63) is 49.8 Å². The minimum atomic E-state index is -0.721. The molecule has 0 aliphatic rings. The number of rotatable bonds is 5. The third-order valence-electron chi connectivity index (χ3n) is 4.95. The van der Waals surface area contributed by atoms with Gasteiger partial charge in [-0.3, -0.25) is 14.2 Å². The summed E-state index contributed by atoms with van der Waals surface area (Å²) in [6.07, 6.45) is 0.431. The lowest BCUT2D eigenvalue weighted by Crippen LogP contribution is -2.36. The van der Waals surface area contributed by atoms with E-state index in [-0.39, 0.29) is 11.5 Å². The molecule has 1 amide bonds. The summed E-state index contributed by atoms with van der Waals surface area (Å²) in [4.78, 5) is 32.1. The average molecular weight is 418 g/mol. The molecule has 148 valence electrons. The first-order chi connectivity index (χ1) is 13.2. The molecule has 0 saturated heterocycles. The summed E-state index contributed by atoms with van der Waals surface area (Å²) in [7, 11) is 0. The zero-order valence-electron chi connectivity index (χ0n) is 16.7. The van der Waals surface area contributed by atoms with Crippen LogP contribution < -0.4 is 11.3 Å². The summed E-state index contributed by atoms with van der Waals surface area (Å²) in [6.45, 7) is 9.68. The van der Waals surface area contributed by atoms with Crippen LogP contribution in [0.2, 0.25) is 5.02 Å². The molecule has 3 rings (SSSR count).